The van der Waals surface area contributed by atoms with Crippen LogP contribution >= 0.6 is 0 Å². The summed E-state index contributed by atoms with van der Waals surface area (Å²) in [5, 5.41) is 0. The first-order valence-electron chi connectivity index (χ1n) is 4.81. The first kappa shape index (κ1) is 8.57. The Balaban J connectivity index is 2.35. The monoisotopic (exact) mass is 176 g/mol. The third-order valence-corrected chi connectivity index (χ3v) is 2.66. The minimum Gasteiger partial charge on any atom is -0.399 e. The molecule has 0 fully saturated rings. The topological polar surface area (TPSA) is 29.3 Å². The van der Waals surface area contributed by atoms with Gasteiger partial charge >= 0.3 is 0 Å². The highest BCUT2D eigenvalue weighted by Crippen LogP contribution is 2.19. The molecule has 1 aromatic carbocycles. The normalized spacial score (nSPS) is 17.9. The molecule has 0 bridgehead atoms. The number of hydrogen-bond acceptors (Lipinski definition) is 2. The zero-order valence-corrected chi connectivity index (χ0v) is 8.09. The molecule has 0 saturated heterocycles. The van der Waals surface area contributed by atoms with Crippen molar-refractivity contribution >= 4 is 5.69 Å². The molecule has 0 unspecified atom stereocenters. The van der Waals surface area contributed by atoms with E-state index in [0.29, 0.717) is 0 Å². The summed E-state index contributed by atoms with van der Waals surface area (Å²) in [6, 6.07) is 6.28. The second-order valence-electron chi connectivity index (χ2n) is 3.87. The smallest absolute Gasteiger partial charge is 0.0317 e. The largest absolute Gasteiger partial charge is 0.399 e. The third-order valence-electron chi connectivity index (χ3n) is 2.66. The number of anilines is 1. The van der Waals surface area contributed by atoms with Gasteiger partial charge in [0, 0.05) is 12.2 Å². The minimum absolute atomic E-state index is 0.883. The molecule has 1 heterocycles. The summed E-state index contributed by atoms with van der Waals surface area (Å²) in [6.45, 7) is 2.23. The Morgan fingerprint density at radius 1 is 1.31 bits per heavy atom. The van der Waals surface area contributed by atoms with Crippen LogP contribution in [0.3, 0.4) is 0 Å². The van der Waals surface area contributed by atoms with Gasteiger partial charge in [-0.05, 0) is 49.7 Å². The Morgan fingerprint density at radius 2 is 2.15 bits per heavy atom. The molecule has 2 N–H and O–H groups in total. The fourth-order valence-electron chi connectivity index (χ4n) is 1.95. The van der Waals surface area contributed by atoms with Gasteiger partial charge in [0.05, 0.1) is 0 Å². The van der Waals surface area contributed by atoms with Gasteiger partial charge in [0.1, 0.15) is 0 Å². The summed E-state index contributed by atoms with van der Waals surface area (Å²) in [6.07, 6.45) is 2.45. The van der Waals surface area contributed by atoms with Crippen LogP contribution in [0.25, 0.3) is 0 Å². The lowest BCUT2D eigenvalue weighted by Crippen LogP contribution is -2.17. The van der Waals surface area contributed by atoms with Crippen LogP contribution < -0.4 is 5.73 Å². The second kappa shape index (κ2) is 3.38. The van der Waals surface area contributed by atoms with Gasteiger partial charge in [-0.15, -0.1) is 0 Å². The van der Waals surface area contributed by atoms with E-state index in [1.54, 1.807) is 0 Å². The number of fused-ring (bicyclic) bond motifs is 1. The Kier molecular flexibility index (Phi) is 2.23. The predicted octanol–water partition coefficient (Wildman–Crippen LogP) is 1.65. The van der Waals surface area contributed by atoms with E-state index in [1.165, 1.54) is 30.5 Å². The molecule has 2 nitrogen and oxygen atoms in total. The van der Waals surface area contributed by atoms with E-state index in [4.69, 9.17) is 5.73 Å². The number of rotatable bonds is 0. The van der Waals surface area contributed by atoms with Crippen LogP contribution in [0.1, 0.15) is 17.5 Å². The SMILES string of the molecule is CN1CCCc2ccc(N)cc2C1. The molecule has 0 aliphatic carbocycles. The Labute approximate surface area is 79.4 Å². The van der Waals surface area contributed by atoms with Crippen molar-refractivity contribution in [3.63, 3.8) is 0 Å². The van der Waals surface area contributed by atoms with Crippen molar-refractivity contribution in [2.75, 3.05) is 19.3 Å². The van der Waals surface area contributed by atoms with E-state index >= 15 is 0 Å². The van der Waals surface area contributed by atoms with Gasteiger partial charge in [-0.25, -0.2) is 0 Å². The van der Waals surface area contributed by atoms with Crippen LogP contribution in [-0.4, -0.2) is 18.5 Å². The molecule has 0 radical (unpaired) electrons. The molecule has 0 spiro atoms. The zero-order chi connectivity index (χ0) is 9.26. The number of benzene rings is 1. The van der Waals surface area contributed by atoms with Gasteiger partial charge in [-0.1, -0.05) is 6.07 Å². The van der Waals surface area contributed by atoms with E-state index in [9.17, 15) is 0 Å². The zero-order valence-electron chi connectivity index (χ0n) is 8.09. The van der Waals surface area contributed by atoms with Crippen LogP contribution in [0.5, 0.6) is 0 Å². The summed E-state index contributed by atoms with van der Waals surface area (Å²) < 4.78 is 0. The molecule has 2 heteroatoms. The third kappa shape index (κ3) is 1.83. The molecule has 70 valence electrons. The van der Waals surface area contributed by atoms with E-state index in [-0.39, 0.29) is 0 Å². The molecule has 0 saturated carbocycles. The predicted molar refractivity (Wildman–Crippen MR) is 55.5 cm³/mol. The molecular weight excluding hydrogens is 160 g/mol. The lowest BCUT2D eigenvalue weighted by molar-refractivity contribution is 0.332. The molecule has 13 heavy (non-hydrogen) atoms. The molecule has 1 aliphatic heterocycles. The van der Waals surface area contributed by atoms with Gasteiger partial charge in [0.15, 0.2) is 0 Å². The molecule has 1 aromatic rings. The van der Waals surface area contributed by atoms with Crippen molar-refractivity contribution < 1.29 is 0 Å². The average Bonchev–Trinajstić information content (AvgIpc) is 2.25. The van der Waals surface area contributed by atoms with Crippen molar-refractivity contribution in [3.05, 3.63) is 29.3 Å². The summed E-state index contributed by atoms with van der Waals surface area (Å²) in [4.78, 5) is 2.35. The molecule has 0 amide bonds. The van der Waals surface area contributed by atoms with Gasteiger partial charge in [0.25, 0.3) is 0 Å². The number of nitrogens with zero attached hydrogens (tertiary/aromatic N) is 1. The van der Waals surface area contributed by atoms with Gasteiger partial charge < -0.3 is 10.6 Å². The number of aryl methyl sites for hydroxylation is 1. The van der Waals surface area contributed by atoms with Crippen LogP contribution in [-0.2, 0) is 13.0 Å². The van der Waals surface area contributed by atoms with Crippen molar-refractivity contribution in [1.29, 1.82) is 0 Å². The summed E-state index contributed by atoms with van der Waals surface area (Å²) in [5.74, 6) is 0. The number of nitrogen functional groups attached to an aromatic ring is 1. The number of hydrogen-bond donors (Lipinski definition) is 1. The van der Waals surface area contributed by atoms with E-state index < -0.39 is 0 Å². The highest BCUT2D eigenvalue weighted by atomic mass is 15.1. The van der Waals surface area contributed by atoms with E-state index in [0.717, 1.165) is 12.2 Å². The Bertz CT molecular complexity index is 307. The fraction of sp³-hybridized carbons (Fsp3) is 0.455. The highest BCUT2D eigenvalue weighted by Gasteiger charge is 2.10. The average molecular weight is 176 g/mol. The van der Waals surface area contributed by atoms with E-state index in [1.807, 2.05) is 6.07 Å². The van der Waals surface area contributed by atoms with Gasteiger partial charge in [0.2, 0.25) is 0 Å². The Hall–Kier alpha value is -1.02. The fourth-order valence-corrected chi connectivity index (χ4v) is 1.95. The van der Waals surface area contributed by atoms with E-state index in [2.05, 4.69) is 24.1 Å². The lowest BCUT2D eigenvalue weighted by atomic mass is 10.0. The van der Waals surface area contributed by atoms with Crippen molar-refractivity contribution in [1.82, 2.24) is 4.90 Å². The molecule has 0 aromatic heterocycles. The molecular formula is C11H16N2. The maximum absolute atomic E-state index is 5.76. The first-order chi connectivity index (χ1) is 6.25. The second-order valence-corrected chi connectivity index (χ2v) is 3.87. The van der Waals surface area contributed by atoms with Crippen molar-refractivity contribution in [2.45, 2.75) is 19.4 Å². The quantitative estimate of drug-likeness (QED) is 0.609. The molecule has 1 aliphatic rings. The van der Waals surface area contributed by atoms with Crippen molar-refractivity contribution in [3.8, 4) is 0 Å². The maximum Gasteiger partial charge on any atom is 0.0317 e. The summed E-state index contributed by atoms with van der Waals surface area (Å²) in [7, 11) is 2.16. The van der Waals surface area contributed by atoms with Crippen LogP contribution in [0.2, 0.25) is 0 Å². The standard InChI is InChI=1S/C11H16N2/c1-13-6-2-3-9-4-5-11(12)7-10(9)8-13/h4-5,7H,2-3,6,8,12H2,1H3. The molecule has 2 rings (SSSR count). The van der Waals surface area contributed by atoms with Crippen LogP contribution in [0, 0.1) is 0 Å². The van der Waals surface area contributed by atoms with Gasteiger partial charge in [-0.3, -0.25) is 0 Å². The molecule has 0 atom stereocenters. The summed E-state index contributed by atoms with van der Waals surface area (Å²) in [5.41, 5.74) is 9.52. The Morgan fingerprint density at radius 3 is 3.00 bits per heavy atom. The summed E-state index contributed by atoms with van der Waals surface area (Å²) >= 11 is 0. The van der Waals surface area contributed by atoms with Crippen LogP contribution in [0.4, 0.5) is 5.69 Å². The maximum atomic E-state index is 5.76. The highest BCUT2D eigenvalue weighted by molar-refractivity contribution is 5.45. The van der Waals surface area contributed by atoms with Crippen LogP contribution in [0.15, 0.2) is 18.2 Å². The minimum atomic E-state index is 0.883. The van der Waals surface area contributed by atoms with Gasteiger partial charge in [-0.2, -0.15) is 0 Å². The van der Waals surface area contributed by atoms with Crippen molar-refractivity contribution in [2.24, 2.45) is 0 Å². The lowest BCUT2D eigenvalue weighted by Gasteiger charge is -2.13. The first-order valence-corrected chi connectivity index (χ1v) is 4.81. The number of nitrogens with two attached hydrogens (primary N) is 1.